The average Bonchev–Trinajstić information content (AvgIpc) is 2.95. The van der Waals surface area contributed by atoms with Crippen molar-refractivity contribution in [2.45, 2.75) is 13.3 Å². The normalized spacial score (nSPS) is 10.1. The molecule has 0 saturated heterocycles. The van der Waals surface area contributed by atoms with Gasteiger partial charge < -0.3 is 14.5 Å². The Morgan fingerprint density at radius 2 is 1.95 bits per heavy atom. The molecule has 20 heavy (non-hydrogen) atoms. The van der Waals surface area contributed by atoms with Gasteiger partial charge in [0.25, 0.3) is 5.91 Å². The molecule has 5 heteroatoms. The van der Waals surface area contributed by atoms with Crippen molar-refractivity contribution in [3.8, 4) is 0 Å². The van der Waals surface area contributed by atoms with Crippen molar-refractivity contribution in [2.24, 2.45) is 0 Å². The number of amides is 1. The minimum atomic E-state index is -0.312. The van der Waals surface area contributed by atoms with Crippen LogP contribution in [0.15, 0.2) is 47.1 Å². The summed E-state index contributed by atoms with van der Waals surface area (Å²) in [7, 11) is 0. The number of nitrogens with one attached hydrogen (secondary N) is 1. The van der Waals surface area contributed by atoms with Crippen LogP contribution in [0.2, 0.25) is 0 Å². The summed E-state index contributed by atoms with van der Waals surface area (Å²) in [5, 5.41) is 2.70. The highest BCUT2D eigenvalue weighted by Gasteiger charge is 2.09. The number of ether oxygens (including phenoxy) is 1. The average molecular weight is 273 g/mol. The fraction of sp³-hybridized carbons (Fsp3) is 0.200. The van der Waals surface area contributed by atoms with Crippen molar-refractivity contribution in [1.82, 2.24) is 0 Å². The first kappa shape index (κ1) is 13.9. The van der Waals surface area contributed by atoms with Gasteiger partial charge in [-0.05, 0) is 36.8 Å². The maximum Gasteiger partial charge on any atom is 0.310 e. The molecule has 104 valence electrons. The number of furan rings is 1. The summed E-state index contributed by atoms with van der Waals surface area (Å²) in [5.41, 5.74) is 1.47. The van der Waals surface area contributed by atoms with Gasteiger partial charge in [-0.3, -0.25) is 9.59 Å². The lowest BCUT2D eigenvalue weighted by molar-refractivity contribution is -0.142. The molecule has 0 atom stereocenters. The van der Waals surface area contributed by atoms with E-state index in [9.17, 15) is 9.59 Å². The molecule has 0 unspecified atom stereocenters. The fourth-order valence-electron chi connectivity index (χ4n) is 1.69. The number of rotatable bonds is 5. The van der Waals surface area contributed by atoms with E-state index < -0.39 is 0 Å². The zero-order valence-corrected chi connectivity index (χ0v) is 11.1. The molecule has 0 saturated carbocycles. The molecule has 0 aliphatic heterocycles. The number of carbonyl (C=O) groups is 2. The van der Waals surface area contributed by atoms with Gasteiger partial charge in [0.2, 0.25) is 0 Å². The minimum Gasteiger partial charge on any atom is -0.466 e. The van der Waals surface area contributed by atoms with Crippen LogP contribution < -0.4 is 5.32 Å². The molecule has 1 heterocycles. The van der Waals surface area contributed by atoms with E-state index in [-0.39, 0.29) is 24.1 Å². The monoisotopic (exact) mass is 273 g/mol. The summed E-state index contributed by atoms with van der Waals surface area (Å²) in [6.07, 6.45) is 1.66. The van der Waals surface area contributed by atoms with Crippen molar-refractivity contribution < 1.29 is 18.7 Å². The van der Waals surface area contributed by atoms with E-state index in [1.165, 1.54) is 6.26 Å². The van der Waals surface area contributed by atoms with Crippen LogP contribution in [0.3, 0.4) is 0 Å². The molecule has 0 aliphatic rings. The van der Waals surface area contributed by atoms with Gasteiger partial charge in [0, 0.05) is 5.69 Å². The highest BCUT2D eigenvalue weighted by molar-refractivity contribution is 6.02. The maximum absolute atomic E-state index is 11.7. The van der Waals surface area contributed by atoms with E-state index in [0.717, 1.165) is 5.56 Å². The third-order valence-corrected chi connectivity index (χ3v) is 2.61. The topological polar surface area (TPSA) is 68.5 Å². The number of hydrogen-bond donors (Lipinski definition) is 1. The summed E-state index contributed by atoms with van der Waals surface area (Å²) >= 11 is 0. The lowest BCUT2D eigenvalue weighted by Crippen LogP contribution is -2.11. The Morgan fingerprint density at radius 1 is 1.20 bits per heavy atom. The van der Waals surface area contributed by atoms with Crippen molar-refractivity contribution in [3.05, 3.63) is 54.0 Å². The van der Waals surface area contributed by atoms with E-state index in [1.54, 1.807) is 43.3 Å². The second-order valence-corrected chi connectivity index (χ2v) is 4.11. The highest BCUT2D eigenvalue weighted by atomic mass is 16.5. The zero-order chi connectivity index (χ0) is 14.4. The molecule has 1 aromatic carbocycles. The molecule has 2 rings (SSSR count). The predicted molar refractivity (Wildman–Crippen MR) is 73.4 cm³/mol. The molecule has 0 spiro atoms. The number of esters is 1. The lowest BCUT2D eigenvalue weighted by atomic mass is 10.1. The van der Waals surface area contributed by atoms with Crippen molar-refractivity contribution >= 4 is 17.6 Å². The number of anilines is 1. The number of hydrogen-bond acceptors (Lipinski definition) is 4. The van der Waals surface area contributed by atoms with Crippen LogP contribution in [-0.4, -0.2) is 18.5 Å². The smallest absolute Gasteiger partial charge is 0.310 e. The minimum absolute atomic E-state index is 0.222. The number of carbonyl (C=O) groups excluding carboxylic acids is 2. The van der Waals surface area contributed by atoms with Crippen molar-refractivity contribution in [1.29, 1.82) is 0 Å². The first-order valence-corrected chi connectivity index (χ1v) is 6.28. The lowest BCUT2D eigenvalue weighted by Gasteiger charge is -2.05. The molecular weight excluding hydrogens is 258 g/mol. The van der Waals surface area contributed by atoms with E-state index in [1.807, 2.05) is 0 Å². The first-order chi connectivity index (χ1) is 9.69. The summed E-state index contributed by atoms with van der Waals surface area (Å²) < 4.78 is 9.87. The van der Waals surface area contributed by atoms with Crippen molar-refractivity contribution in [2.75, 3.05) is 11.9 Å². The molecule has 0 aliphatic carbocycles. The molecule has 0 bridgehead atoms. The molecule has 1 amide bonds. The molecule has 2 aromatic rings. The molecule has 5 nitrogen and oxygen atoms in total. The largest absolute Gasteiger partial charge is 0.466 e. The summed E-state index contributed by atoms with van der Waals surface area (Å²) in [4.78, 5) is 23.1. The van der Waals surface area contributed by atoms with Crippen LogP contribution in [0.5, 0.6) is 0 Å². The fourth-order valence-corrected chi connectivity index (χ4v) is 1.69. The van der Waals surface area contributed by atoms with Crippen LogP contribution in [0, 0.1) is 0 Å². The van der Waals surface area contributed by atoms with E-state index in [0.29, 0.717) is 12.3 Å². The van der Waals surface area contributed by atoms with Crippen LogP contribution >= 0.6 is 0 Å². The van der Waals surface area contributed by atoms with Crippen LogP contribution in [0.25, 0.3) is 0 Å². The zero-order valence-electron chi connectivity index (χ0n) is 11.1. The van der Waals surface area contributed by atoms with Gasteiger partial charge in [-0.25, -0.2) is 0 Å². The quantitative estimate of drug-likeness (QED) is 0.850. The molecular formula is C15H15NO4. The highest BCUT2D eigenvalue weighted by Crippen LogP contribution is 2.12. The Morgan fingerprint density at radius 3 is 2.55 bits per heavy atom. The van der Waals surface area contributed by atoms with Gasteiger partial charge in [-0.1, -0.05) is 12.1 Å². The van der Waals surface area contributed by atoms with Crippen LogP contribution in [-0.2, 0) is 16.0 Å². The van der Waals surface area contributed by atoms with Gasteiger partial charge in [-0.2, -0.15) is 0 Å². The summed E-state index contributed by atoms with van der Waals surface area (Å²) in [5.74, 6) is -0.325. The second-order valence-electron chi connectivity index (χ2n) is 4.11. The summed E-state index contributed by atoms with van der Waals surface area (Å²) in [6.45, 7) is 2.14. The van der Waals surface area contributed by atoms with Crippen LogP contribution in [0.4, 0.5) is 5.69 Å². The van der Waals surface area contributed by atoms with Crippen LogP contribution in [0.1, 0.15) is 23.0 Å². The van der Waals surface area contributed by atoms with E-state index in [2.05, 4.69) is 5.32 Å². The van der Waals surface area contributed by atoms with Gasteiger partial charge in [-0.15, -0.1) is 0 Å². The molecule has 0 radical (unpaired) electrons. The Bertz CT molecular complexity index is 572. The second kappa shape index (κ2) is 6.56. The molecule has 1 aromatic heterocycles. The van der Waals surface area contributed by atoms with Gasteiger partial charge in [0.1, 0.15) is 0 Å². The third kappa shape index (κ3) is 3.71. The standard InChI is InChI=1S/C15H15NO4/c1-2-19-14(17)10-11-5-7-12(8-6-11)16-15(18)13-4-3-9-20-13/h3-9H,2,10H2,1H3,(H,16,18). The number of benzene rings is 1. The van der Waals surface area contributed by atoms with Crippen molar-refractivity contribution in [3.63, 3.8) is 0 Å². The first-order valence-electron chi connectivity index (χ1n) is 6.28. The SMILES string of the molecule is CCOC(=O)Cc1ccc(NC(=O)c2ccco2)cc1. The van der Waals surface area contributed by atoms with Gasteiger partial charge in [0.05, 0.1) is 19.3 Å². The third-order valence-electron chi connectivity index (χ3n) is 2.61. The van der Waals surface area contributed by atoms with E-state index in [4.69, 9.17) is 9.15 Å². The van der Waals surface area contributed by atoms with Gasteiger partial charge in [0.15, 0.2) is 5.76 Å². The maximum atomic E-state index is 11.7. The predicted octanol–water partition coefficient (Wildman–Crippen LogP) is 2.64. The van der Waals surface area contributed by atoms with E-state index >= 15 is 0 Å². The Balaban J connectivity index is 1.95. The molecule has 1 N–H and O–H groups in total. The Hall–Kier alpha value is -2.56. The molecule has 0 fully saturated rings. The Labute approximate surface area is 116 Å². The summed E-state index contributed by atoms with van der Waals surface area (Å²) in [6, 6.07) is 10.2. The Kier molecular flexibility index (Phi) is 4.55. The van der Waals surface area contributed by atoms with Gasteiger partial charge >= 0.3 is 5.97 Å².